The number of carboxylic acid groups (broad SMARTS) is 1. The van der Waals surface area contributed by atoms with Crippen LogP contribution in [0.1, 0.15) is 36.5 Å². The number of likely N-dealkylation sites (tertiary alicyclic amines) is 1. The van der Waals surface area contributed by atoms with Crippen molar-refractivity contribution < 1.29 is 29.1 Å². The Hall–Kier alpha value is -5.03. The normalized spacial score (nSPS) is 15.2. The van der Waals surface area contributed by atoms with Gasteiger partial charge in [0.1, 0.15) is 12.1 Å². The number of aliphatic carboxylic acids is 1. The van der Waals surface area contributed by atoms with Crippen LogP contribution in [-0.4, -0.2) is 77.9 Å². The van der Waals surface area contributed by atoms with Crippen LogP contribution in [0.25, 0.3) is 0 Å². The van der Waals surface area contributed by atoms with Crippen molar-refractivity contribution in [3.8, 4) is 0 Å². The van der Waals surface area contributed by atoms with Crippen LogP contribution >= 0.6 is 0 Å². The van der Waals surface area contributed by atoms with E-state index in [0.717, 1.165) is 16.7 Å². The molecule has 0 spiro atoms. The minimum absolute atomic E-state index is 0.0975. The second-order valence-electron chi connectivity index (χ2n) is 10.6. The van der Waals surface area contributed by atoms with Crippen molar-refractivity contribution >= 4 is 29.6 Å². The largest absolute Gasteiger partial charge is 0.480 e. The molecule has 11 nitrogen and oxygen atoms in total. The maximum Gasteiger partial charge on any atom is 0.325 e. The average Bonchev–Trinajstić information content (AvgIpc) is 3.55. The molecule has 3 aromatic carbocycles. The van der Waals surface area contributed by atoms with Crippen molar-refractivity contribution in [2.75, 3.05) is 26.2 Å². The summed E-state index contributed by atoms with van der Waals surface area (Å²) in [7, 11) is 0. The molecule has 1 heterocycles. The Kier molecular flexibility index (Phi) is 10.8. The van der Waals surface area contributed by atoms with Crippen LogP contribution in [0.2, 0.25) is 0 Å². The van der Waals surface area contributed by atoms with Gasteiger partial charge in [0.25, 0.3) is 0 Å². The smallest absolute Gasteiger partial charge is 0.325 e. The predicted octanol–water partition coefficient (Wildman–Crippen LogP) is 1.38. The van der Waals surface area contributed by atoms with Gasteiger partial charge in [0.05, 0.1) is 25.2 Å². The van der Waals surface area contributed by atoms with E-state index in [4.69, 9.17) is 5.11 Å². The summed E-state index contributed by atoms with van der Waals surface area (Å²) in [5.41, 5.74) is 1.98. The van der Waals surface area contributed by atoms with Crippen LogP contribution in [0.15, 0.2) is 91.0 Å². The average molecular weight is 600 g/mol. The summed E-state index contributed by atoms with van der Waals surface area (Å²) in [6, 6.07) is 27.6. The summed E-state index contributed by atoms with van der Waals surface area (Å²) in [5, 5.41) is 19.8. The van der Waals surface area contributed by atoms with Gasteiger partial charge in [-0.05, 0) is 36.5 Å². The molecule has 5 N–H and O–H groups in total. The van der Waals surface area contributed by atoms with E-state index in [1.807, 2.05) is 91.0 Å². The lowest BCUT2D eigenvalue weighted by Crippen LogP contribution is -2.52. The summed E-state index contributed by atoms with van der Waals surface area (Å²) in [6.45, 7) is 0.847. The first-order valence-electron chi connectivity index (χ1n) is 14.5. The molecule has 230 valence electrons. The molecule has 2 unspecified atom stereocenters. The molecule has 44 heavy (non-hydrogen) atoms. The molecule has 0 bridgehead atoms. The van der Waals surface area contributed by atoms with Gasteiger partial charge >= 0.3 is 5.97 Å². The van der Waals surface area contributed by atoms with Gasteiger partial charge < -0.3 is 26.0 Å². The maximum atomic E-state index is 13.1. The van der Waals surface area contributed by atoms with E-state index in [1.165, 1.54) is 11.8 Å². The molecular formula is C33H37N5O6. The van der Waals surface area contributed by atoms with E-state index in [2.05, 4.69) is 21.3 Å². The molecule has 0 aromatic heterocycles. The number of carbonyl (C=O) groups is 5. The second kappa shape index (κ2) is 14.9. The van der Waals surface area contributed by atoms with Crippen LogP contribution in [-0.2, 0) is 29.5 Å². The topological polar surface area (TPSA) is 157 Å². The van der Waals surface area contributed by atoms with Gasteiger partial charge in [-0.25, -0.2) is 0 Å². The highest BCUT2D eigenvalue weighted by atomic mass is 16.4. The van der Waals surface area contributed by atoms with E-state index in [0.29, 0.717) is 19.4 Å². The van der Waals surface area contributed by atoms with Crippen LogP contribution in [0.5, 0.6) is 0 Å². The number of nitrogens with zero attached hydrogens (tertiary/aromatic N) is 1. The number of amides is 4. The van der Waals surface area contributed by atoms with E-state index in [1.54, 1.807) is 0 Å². The van der Waals surface area contributed by atoms with Crippen LogP contribution in [0.4, 0.5) is 0 Å². The summed E-state index contributed by atoms with van der Waals surface area (Å²) in [5.74, 6) is -3.17. The summed E-state index contributed by atoms with van der Waals surface area (Å²) >= 11 is 0. The van der Waals surface area contributed by atoms with Crippen molar-refractivity contribution in [1.82, 2.24) is 26.2 Å². The Balaban J connectivity index is 1.39. The monoisotopic (exact) mass is 599 g/mol. The van der Waals surface area contributed by atoms with Gasteiger partial charge in [0.2, 0.25) is 23.6 Å². The highest BCUT2D eigenvalue weighted by molar-refractivity contribution is 5.93. The third-order valence-electron chi connectivity index (χ3n) is 7.62. The fourth-order valence-electron chi connectivity index (χ4n) is 5.40. The molecule has 3 aromatic rings. The molecule has 1 fully saturated rings. The predicted molar refractivity (Wildman–Crippen MR) is 163 cm³/mol. The van der Waals surface area contributed by atoms with Gasteiger partial charge in [0, 0.05) is 6.54 Å². The fourth-order valence-corrected chi connectivity index (χ4v) is 5.40. The number of benzene rings is 3. The Bertz CT molecular complexity index is 1350. The molecule has 1 aliphatic rings. The van der Waals surface area contributed by atoms with Crippen molar-refractivity contribution in [2.45, 2.75) is 37.4 Å². The van der Waals surface area contributed by atoms with Crippen LogP contribution < -0.4 is 21.3 Å². The Labute approximate surface area is 256 Å². The lowest BCUT2D eigenvalue weighted by molar-refractivity contribution is -0.141. The van der Waals surface area contributed by atoms with Crippen LogP contribution in [0, 0.1) is 0 Å². The van der Waals surface area contributed by atoms with Crippen molar-refractivity contribution in [3.05, 3.63) is 108 Å². The minimum atomic E-state index is -1.19. The van der Waals surface area contributed by atoms with Gasteiger partial charge in [-0.15, -0.1) is 0 Å². The van der Waals surface area contributed by atoms with Gasteiger partial charge in [-0.1, -0.05) is 91.0 Å². The highest BCUT2D eigenvalue weighted by Crippen LogP contribution is 2.36. The molecule has 11 heteroatoms. The third kappa shape index (κ3) is 7.67. The molecule has 4 rings (SSSR count). The quantitative estimate of drug-likeness (QED) is 0.186. The van der Waals surface area contributed by atoms with Crippen LogP contribution in [0.3, 0.4) is 0 Å². The molecule has 0 radical (unpaired) electrons. The highest BCUT2D eigenvalue weighted by Gasteiger charge is 2.37. The van der Waals surface area contributed by atoms with Gasteiger partial charge in [-0.2, -0.15) is 0 Å². The summed E-state index contributed by atoms with van der Waals surface area (Å²) in [6.07, 6.45) is 1.00. The minimum Gasteiger partial charge on any atom is -0.480 e. The summed E-state index contributed by atoms with van der Waals surface area (Å²) in [4.78, 5) is 63.2. The number of rotatable bonds is 13. The lowest BCUT2D eigenvalue weighted by atomic mass is 9.77. The second-order valence-corrected chi connectivity index (χ2v) is 10.6. The van der Waals surface area contributed by atoms with E-state index in [9.17, 15) is 24.0 Å². The summed E-state index contributed by atoms with van der Waals surface area (Å²) < 4.78 is 0. The molecule has 2 atom stereocenters. The molecule has 0 saturated carbocycles. The SMILES string of the molecule is CC(NC(=O)CNC(=O)C1CCCN1C(=O)CNC(=O)CNC(c1ccccc1)(c1ccccc1)c1ccccc1)C(=O)O. The van der Waals surface area contributed by atoms with Crippen molar-refractivity contribution in [2.24, 2.45) is 0 Å². The zero-order valence-corrected chi connectivity index (χ0v) is 24.5. The Morgan fingerprint density at radius 3 is 1.80 bits per heavy atom. The maximum absolute atomic E-state index is 13.1. The first-order chi connectivity index (χ1) is 21.2. The Morgan fingerprint density at radius 2 is 1.30 bits per heavy atom. The molecule has 4 amide bonds. The van der Waals surface area contributed by atoms with Crippen molar-refractivity contribution in [1.29, 1.82) is 0 Å². The number of nitrogens with one attached hydrogen (secondary N) is 4. The van der Waals surface area contributed by atoms with Gasteiger partial charge in [0.15, 0.2) is 0 Å². The number of carboxylic acids is 1. The van der Waals surface area contributed by atoms with Crippen molar-refractivity contribution in [3.63, 3.8) is 0 Å². The Morgan fingerprint density at radius 1 is 0.773 bits per heavy atom. The van der Waals surface area contributed by atoms with E-state index < -0.39 is 53.8 Å². The number of carbonyl (C=O) groups excluding carboxylic acids is 4. The zero-order chi connectivity index (χ0) is 31.5. The zero-order valence-electron chi connectivity index (χ0n) is 24.5. The van der Waals surface area contributed by atoms with E-state index in [-0.39, 0.29) is 13.1 Å². The lowest BCUT2D eigenvalue weighted by Gasteiger charge is -2.37. The first kappa shape index (κ1) is 31.9. The molecule has 1 aliphatic heterocycles. The third-order valence-corrected chi connectivity index (χ3v) is 7.62. The standard InChI is InChI=1S/C33H37N5O6/c1-23(32(43)44)37-29(40)20-35-31(42)27-18-11-19-38(27)30(41)22-34-28(39)21-36-33(24-12-5-2-6-13-24,25-14-7-3-8-15-25)26-16-9-4-10-17-26/h2-10,12-17,23,27,36H,11,18-22H2,1H3,(H,34,39)(H,35,42)(H,37,40)(H,43,44). The molecular weight excluding hydrogens is 562 g/mol. The van der Waals surface area contributed by atoms with Gasteiger partial charge in [-0.3, -0.25) is 29.3 Å². The molecule has 0 aliphatic carbocycles. The first-order valence-corrected chi connectivity index (χ1v) is 14.5. The molecule has 1 saturated heterocycles. The fraction of sp³-hybridized carbons (Fsp3) is 0.303. The number of hydrogen-bond acceptors (Lipinski definition) is 6. The van der Waals surface area contributed by atoms with E-state index >= 15 is 0 Å². The number of hydrogen-bond donors (Lipinski definition) is 5.